The summed E-state index contributed by atoms with van der Waals surface area (Å²) in [5, 5.41) is 0. The summed E-state index contributed by atoms with van der Waals surface area (Å²) >= 11 is 0. The average molecular weight is 184 g/mol. The number of fused-ring (bicyclic) bond motifs is 2. The molecule has 0 atom stereocenters. The standard InChI is InChI=1S/C10H16O3/c1-12-7-9(11)13-10-4-2-8(6-10)3-5-10/h8H,2-7H2,1H3. The Kier molecular flexibility index (Phi) is 2.28. The molecule has 0 amide bonds. The highest BCUT2D eigenvalue weighted by atomic mass is 16.6. The SMILES string of the molecule is COCC(=O)OC12CCC(CC1)C2. The van der Waals surface area contributed by atoms with Gasteiger partial charge in [0.1, 0.15) is 12.2 Å². The number of hydrogen-bond donors (Lipinski definition) is 0. The van der Waals surface area contributed by atoms with E-state index < -0.39 is 0 Å². The van der Waals surface area contributed by atoms with Crippen LogP contribution in [0.3, 0.4) is 0 Å². The highest BCUT2D eigenvalue weighted by Crippen LogP contribution is 2.49. The molecule has 0 aliphatic heterocycles. The van der Waals surface area contributed by atoms with Crippen molar-refractivity contribution in [1.82, 2.24) is 0 Å². The van der Waals surface area contributed by atoms with Crippen LogP contribution in [-0.4, -0.2) is 25.3 Å². The molecule has 0 spiro atoms. The van der Waals surface area contributed by atoms with Crippen molar-refractivity contribution in [2.75, 3.05) is 13.7 Å². The molecule has 0 aromatic heterocycles. The number of rotatable bonds is 3. The number of hydrogen-bond acceptors (Lipinski definition) is 3. The molecule has 2 rings (SSSR count). The Morgan fingerprint density at radius 1 is 1.46 bits per heavy atom. The molecule has 2 aliphatic rings. The number of carbonyl (C=O) groups is 1. The van der Waals surface area contributed by atoms with E-state index in [1.165, 1.54) is 20.0 Å². The molecular formula is C10H16O3. The summed E-state index contributed by atoms with van der Waals surface area (Å²) in [4.78, 5) is 11.2. The van der Waals surface area contributed by atoms with E-state index in [9.17, 15) is 4.79 Å². The number of carbonyl (C=O) groups excluding carboxylic acids is 1. The molecule has 0 saturated heterocycles. The van der Waals surface area contributed by atoms with E-state index in [2.05, 4.69) is 0 Å². The van der Waals surface area contributed by atoms with Gasteiger partial charge in [-0.2, -0.15) is 0 Å². The predicted octanol–water partition coefficient (Wildman–Crippen LogP) is 1.51. The quantitative estimate of drug-likeness (QED) is 0.624. The summed E-state index contributed by atoms with van der Waals surface area (Å²) in [5.74, 6) is 0.611. The van der Waals surface area contributed by atoms with Crippen LogP contribution in [0.5, 0.6) is 0 Å². The van der Waals surface area contributed by atoms with Gasteiger partial charge in [0.25, 0.3) is 0 Å². The van der Waals surface area contributed by atoms with Crippen LogP contribution in [-0.2, 0) is 14.3 Å². The first kappa shape index (κ1) is 9.00. The summed E-state index contributed by atoms with van der Waals surface area (Å²) < 4.78 is 10.2. The van der Waals surface area contributed by atoms with Crippen molar-refractivity contribution in [2.24, 2.45) is 5.92 Å². The van der Waals surface area contributed by atoms with Crippen LogP contribution < -0.4 is 0 Å². The van der Waals surface area contributed by atoms with Crippen LogP contribution in [0, 0.1) is 5.92 Å². The normalized spacial score (nSPS) is 36.5. The smallest absolute Gasteiger partial charge is 0.332 e. The first-order valence-electron chi connectivity index (χ1n) is 4.95. The van der Waals surface area contributed by atoms with Gasteiger partial charge >= 0.3 is 5.97 Å². The van der Waals surface area contributed by atoms with Crippen molar-refractivity contribution in [2.45, 2.75) is 37.7 Å². The molecule has 2 bridgehead atoms. The van der Waals surface area contributed by atoms with E-state index in [1.807, 2.05) is 0 Å². The van der Waals surface area contributed by atoms with Crippen LogP contribution >= 0.6 is 0 Å². The Morgan fingerprint density at radius 3 is 2.62 bits per heavy atom. The fourth-order valence-electron chi connectivity index (χ4n) is 2.67. The van der Waals surface area contributed by atoms with Gasteiger partial charge in [0.15, 0.2) is 0 Å². The molecule has 0 unspecified atom stereocenters. The van der Waals surface area contributed by atoms with Crippen molar-refractivity contribution in [3.63, 3.8) is 0 Å². The fourth-order valence-corrected chi connectivity index (χ4v) is 2.67. The zero-order valence-electron chi connectivity index (χ0n) is 8.04. The van der Waals surface area contributed by atoms with Gasteiger partial charge in [-0.3, -0.25) is 0 Å². The van der Waals surface area contributed by atoms with Crippen LogP contribution in [0.15, 0.2) is 0 Å². The van der Waals surface area contributed by atoms with Crippen LogP contribution in [0.25, 0.3) is 0 Å². The van der Waals surface area contributed by atoms with E-state index in [-0.39, 0.29) is 18.2 Å². The summed E-state index contributed by atoms with van der Waals surface area (Å²) in [7, 11) is 1.52. The first-order valence-corrected chi connectivity index (χ1v) is 4.95. The molecule has 2 fully saturated rings. The Morgan fingerprint density at radius 2 is 2.15 bits per heavy atom. The third kappa shape index (κ3) is 1.70. The molecule has 0 aromatic rings. The molecule has 3 heteroatoms. The number of methoxy groups -OCH3 is 1. The predicted molar refractivity (Wildman–Crippen MR) is 47.3 cm³/mol. The molecule has 74 valence electrons. The number of ether oxygens (including phenoxy) is 2. The Hall–Kier alpha value is -0.570. The Bertz CT molecular complexity index is 204. The van der Waals surface area contributed by atoms with Gasteiger partial charge < -0.3 is 9.47 Å². The van der Waals surface area contributed by atoms with E-state index >= 15 is 0 Å². The van der Waals surface area contributed by atoms with Gasteiger partial charge in [0.05, 0.1) is 0 Å². The van der Waals surface area contributed by atoms with Crippen molar-refractivity contribution < 1.29 is 14.3 Å². The molecule has 0 N–H and O–H groups in total. The minimum atomic E-state index is -0.204. The third-order valence-electron chi connectivity index (χ3n) is 3.27. The monoisotopic (exact) mass is 184 g/mol. The maximum Gasteiger partial charge on any atom is 0.332 e. The largest absolute Gasteiger partial charge is 0.457 e. The maximum absolute atomic E-state index is 11.2. The third-order valence-corrected chi connectivity index (χ3v) is 3.27. The summed E-state index contributed by atoms with van der Waals surface area (Å²) in [6, 6.07) is 0. The second kappa shape index (κ2) is 3.29. The van der Waals surface area contributed by atoms with Crippen LogP contribution in [0.2, 0.25) is 0 Å². The summed E-state index contributed by atoms with van der Waals surface area (Å²) in [6.45, 7) is 0.0897. The van der Waals surface area contributed by atoms with Crippen LogP contribution in [0.1, 0.15) is 32.1 Å². The molecular weight excluding hydrogens is 168 g/mol. The lowest BCUT2D eigenvalue weighted by molar-refractivity contribution is -0.163. The topological polar surface area (TPSA) is 35.5 Å². The lowest BCUT2D eigenvalue weighted by Gasteiger charge is -2.26. The maximum atomic E-state index is 11.2. The van der Waals surface area contributed by atoms with E-state index in [1.54, 1.807) is 0 Å². The molecule has 0 radical (unpaired) electrons. The highest BCUT2D eigenvalue weighted by Gasteiger charge is 2.47. The van der Waals surface area contributed by atoms with Crippen molar-refractivity contribution >= 4 is 5.97 Å². The fraction of sp³-hybridized carbons (Fsp3) is 0.900. The molecule has 0 aromatic carbocycles. The van der Waals surface area contributed by atoms with Crippen molar-refractivity contribution in [1.29, 1.82) is 0 Å². The molecule has 13 heavy (non-hydrogen) atoms. The van der Waals surface area contributed by atoms with Gasteiger partial charge in [-0.1, -0.05) is 0 Å². The van der Waals surface area contributed by atoms with Crippen molar-refractivity contribution in [3.8, 4) is 0 Å². The lowest BCUT2D eigenvalue weighted by atomic mass is 9.97. The second-order valence-corrected chi connectivity index (χ2v) is 4.24. The van der Waals surface area contributed by atoms with E-state index in [0.29, 0.717) is 0 Å². The molecule has 3 nitrogen and oxygen atoms in total. The molecule has 2 aliphatic carbocycles. The van der Waals surface area contributed by atoms with Gasteiger partial charge in [-0.05, 0) is 38.0 Å². The van der Waals surface area contributed by atoms with E-state index in [4.69, 9.17) is 9.47 Å². The molecule has 2 saturated carbocycles. The minimum Gasteiger partial charge on any atom is -0.457 e. The van der Waals surface area contributed by atoms with Gasteiger partial charge in [0, 0.05) is 7.11 Å². The highest BCUT2D eigenvalue weighted by molar-refractivity contribution is 5.71. The summed E-state index contributed by atoms with van der Waals surface area (Å²) in [6.07, 6.45) is 5.68. The second-order valence-electron chi connectivity index (χ2n) is 4.24. The first-order chi connectivity index (χ1) is 6.24. The lowest BCUT2D eigenvalue weighted by Crippen LogP contribution is -2.31. The van der Waals surface area contributed by atoms with Gasteiger partial charge in [0.2, 0.25) is 0 Å². The zero-order valence-corrected chi connectivity index (χ0v) is 8.04. The Labute approximate surface area is 78.4 Å². The minimum absolute atomic E-state index is 0.0897. The van der Waals surface area contributed by atoms with Gasteiger partial charge in [-0.25, -0.2) is 4.79 Å². The van der Waals surface area contributed by atoms with Gasteiger partial charge in [-0.15, -0.1) is 0 Å². The number of esters is 1. The van der Waals surface area contributed by atoms with Crippen molar-refractivity contribution in [3.05, 3.63) is 0 Å². The molecule has 0 heterocycles. The summed E-state index contributed by atoms with van der Waals surface area (Å²) in [5.41, 5.74) is -0.0969. The average Bonchev–Trinajstić information content (AvgIpc) is 2.63. The van der Waals surface area contributed by atoms with Crippen LogP contribution in [0.4, 0.5) is 0 Å². The van der Waals surface area contributed by atoms with E-state index in [0.717, 1.165) is 25.2 Å². The zero-order chi connectivity index (χ0) is 9.31. The Balaban J connectivity index is 1.90.